The van der Waals surface area contributed by atoms with Crippen LogP contribution in [0.2, 0.25) is 0 Å². The number of carbonyl (C=O) groups is 1. The summed E-state index contributed by atoms with van der Waals surface area (Å²) in [5.74, 6) is -0.439. The Morgan fingerprint density at radius 1 is 1.25 bits per heavy atom. The molecule has 140 valence electrons. The zero-order valence-corrected chi connectivity index (χ0v) is 17.3. The molecule has 7 heteroatoms. The standard InChI is InChI=1S/C21H15BrN2O3S/c1-12-2-4-13(5-3-12)18(25)11-24-20(26)19(28-21(24)27)8-14-10-23-17-7-6-15(22)9-16(14)17/h2-10,26H,11H2,1H3. The number of Topliss-reactive ketones (excluding diaryl/α,β-unsaturated/α-hetero) is 1. The van der Waals surface area contributed by atoms with Crippen molar-refractivity contribution in [2.75, 3.05) is 0 Å². The van der Waals surface area contributed by atoms with Gasteiger partial charge in [-0.25, -0.2) is 0 Å². The highest BCUT2D eigenvalue weighted by atomic mass is 79.9. The Bertz CT molecular complexity index is 1200. The van der Waals surface area contributed by atoms with Crippen LogP contribution in [0.4, 0.5) is 5.69 Å². The van der Waals surface area contributed by atoms with E-state index in [1.165, 1.54) is 0 Å². The van der Waals surface area contributed by atoms with E-state index in [2.05, 4.69) is 20.9 Å². The Morgan fingerprint density at radius 2 is 2.00 bits per heavy atom. The molecule has 0 unspecified atom stereocenters. The predicted octanol–water partition coefficient (Wildman–Crippen LogP) is 4.83. The van der Waals surface area contributed by atoms with Crippen LogP contribution in [0.3, 0.4) is 0 Å². The van der Waals surface area contributed by atoms with Crippen molar-refractivity contribution in [3.05, 3.63) is 78.2 Å². The molecule has 3 aromatic rings. The van der Waals surface area contributed by atoms with Gasteiger partial charge < -0.3 is 5.11 Å². The fourth-order valence-corrected chi connectivity index (χ4v) is 4.14. The molecule has 0 spiro atoms. The largest absolute Gasteiger partial charge is 0.493 e. The minimum absolute atomic E-state index is 0.205. The Kier molecular flexibility index (Phi) is 4.87. The van der Waals surface area contributed by atoms with Gasteiger partial charge in [-0.3, -0.25) is 19.1 Å². The van der Waals surface area contributed by atoms with Gasteiger partial charge in [0.15, 0.2) is 5.78 Å². The first kappa shape index (κ1) is 18.6. The molecule has 4 rings (SSSR count). The molecule has 0 atom stereocenters. The molecular formula is C21H15BrN2O3S. The number of hydrogen-bond donors (Lipinski definition) is 1. The molecule has 5 nitrogen and oxygen atoms in total. The summed E-state index contributed by atoms with van der Waals surface area (Å²) >= 11 is 4.34. The number of thiazole rings is 1. The van der Waals surface area contributed by atoms with Gasteiger partial charge in [0.1, 0.15) is 0 Å². The zero-order valence-electron chi connectivity index (χ0n) is 14.8. The molecule has 1 aliphatic rings. The number of carbonyl (C=O) groups excluding carboxylic acids is 1. The molecule has 1 N–H and O–H groups in total. The van der Waals surface area contributed by atoms with E-state index in [1.54, 1.807) is 24.4 Å². The van der Waals surface area contributed by atoms with E-state index in [0.29, 0.717) is 10.4 Å². The molecular weight excluding hydrogens is 440 g/mol. The highest BCUT2D eigenvalue weighted by Gasteiger charge is 2.19. The van der Waals surface area contributed by atoms with Gasteiger partial charge in [0.25, 0.3) is 0 Å². The number of hydrogen-bond acceptors (Lipinski definition) is 5. The summed E-state index contributed by atoms with van der Waals surface area (Å²) in [7, 11) is 0. The van der Waals surface area contributed by atoms with Crippen LogP contribution in [-0.4, -0.2) is 21.7 Å². The van der Waals surface area contributed by atoms with E-state index >= 15 is 0 Å². The summed E-state index contributed by atoms with van der Waals surface area (Å²) in [6.45, 7) is 1.73. The quantitative estimate of drug-likeness (QED) is 0.574. The second-order valence-electron chi connectivity index (χ2n) is 6.45. The van der Waals surface area contributed by atoms with Crippen molar-refractivity contribution in [3.63, 3.8) is 0 Å². The number of halogens is 1. The molecule has 2 heterocycles. The van der Waals surface area contributed by atoms with Crippen molar-refractivity contribution in [2.24, 2.45) is 4.99 Å². The molecule has 0 saturated heterocycles. The van der Waals surface area contributed by atoms with Crippen molar-refractivity contribution < 1.29 is 9.90 Å². The van der Waals surface area contributed by atoms with Crippen LogP contribution in [0.5, 0.6) is 5.88 Å². The third-order valence-electron chi connectivity index (χ3n) is 4.47. The average molecular weight is 455 g/mol. The molecule has 1 aromatic heterocycles. The maximum absolute atomic E-state index is 12.5. The Labute approximate surface area is 173 Å². The van der Waals surface area contributed by atoms with Crippen molar-refractivity contribution in [1.29, 1.82) is 0 Å². The maximum atomic E-state index is 12.5. The lowest BCUT2D eigenvalue weighted by atomic mass is 10.1. The monoisotopic (exact) mass is 454 g/mol. The number of nitrogens with zero attached hydrogens (tertiary/aromatic N) is 2. The van der Waals surface area contributed by atoms with Gasteiger partial charge in [0.05, 0.1) is 17.1 Å². The number of benzene rings is 2. The molecule has 0 bridgehead atoms. The van der Waals surface area contributed by atoms with E-state index in [0.717, 1.165) is 42.8 Å². The second kappa shape index (κ2) is 7.33. The predicted molar refractivity (Wildman–Crippen MR) is 116 cm³/mol. The molecule has 0 aliphatic carbocycles. The van der Waals surface area contributed by atoms with Crippen LogP contribution in [0.15, 0.2) is 56.7 Å². The van der Waals surface area contributed by atoms with Crippen LogP contribution in [0.1, 0.15) is 26.4 Å². The topological polar surface area (TPSA) is 71.7 Å². The van der Waals surface area contributed by atoms with Gasteiger partial charge in [0.2, 0.25) is 5.88 Å². The van der Waals surface area contributed by atoms with E-state index in [-0.39, 0.29) is 23.1 Å². The number of fused-ring (bicyclic) bond motifs is 1. The van der Waals surface area contributed by atoms with Crippen molar-refractivity contribution >= 4 is 56.6 Å². The van der Waals surface area contributed by atoms with Crippen LogP contribution >= 0.6 is 27.3 Å². The molecule has 0 saturated carbocycles. The first-order valence-corrected chi connectivity index (χ1v) is 10.1. The van der Waals surface area contributed by atoms with Crippen LogP contribution in [0, 0.1) is 6.92 Å². The number of aromatic nitrogens is 1. The summed E-state index contributed by atoms with van der Waals surface area (Å²) in [5, 5.41) is 10.5. The SMILES string of the molecule is Cc1ccc(C(=O)Cn2c(O)c(C=C3C=Nc4ccc(Br)cc43)sc2=O)cc1. The van der Waals surface area contributed by atoms with Crippen LogP contribution in [0.25, 0.3) is 11.6 Å². The van der Waals surface area contributed by atoms with Gasteiger partial charge in [-0.2, -0.15) is 0 Å². The van der Waals surface area contributed by atoms with E-state index < -0.39 is 0 Å². The molecule has 0 radical (unpaired) electrons. The lowest BCUT2D eigenvalue weighted by Gasteiger charge is -2.04. The molecule has 0 amide bonds. The molecule has 2 aromatic carbocycles. The highest BCUT2D eigenvalue weighted by molar-refractivity contribution is 9.10. The minimum Gasteiger partial charge on any atom is -0.493 e. The number of aryl methyl sites for hydroxylation is 1. The molecule has 0 fully saturated rings. The summed E-state index contributed by atoms with van der Waals surface area (Å²) in [5.41, 5.74) is 4.09. The first-order chi connectivity index (χ1) is 13.4. The number of aromatic hydroxyl groups is 1. The Balaban J connectivity index is 1.65. The number of aliphatic imine (C=N–C) groups is 1. The maximum Gasteiger partial charge on any atom is 0.311 e. The van der Waals surface area contributed by atoms with E-state index in [1.807, 2.05) is 37.3 Å². The fraction of sp³-hybridized carbons (Fsp3) is 0.0952. The van der Waals surface area contributed by atoms with Crippen LogP contribution in [-0.2, 0) is 6.54 Å². The van der Waals surface area contributed by atoms with E-state index in [4.69, 9.17) is 0 Å². The normalized spacial score (nSPS) is 13.9. The fourth-order valence-electron chi connectivity index (χ4n) is 2.94. The highest BCUT2D eigenvalue weighted by Crippen LogP contribution is 2.36. The Morgan fingerprint density at radius 3 is 2.75 bits per heavy atom. The van der Waals surface area contributed by atoms with Crippen molar-refractivity contribution in [1.82, 2.24) is 4.57 Å². The second-order valence-corrected chi connectivity index (χ2v) is 8.36. The summed E-state index contributed by atoms with van der Waals surface area (Å²) in [6, 6.07) is 12.9. The molecule has 1 aliphatic heterocycles. The van der Waals surface area contributed by atoms with Gasteiger partial charge in [0, 0.05) is 27.4 Å². The summed E-state index contributed by atoms with van der Waals surface area (Å²) in [6.07, 6.45) is 3.42. The smallest absolute Gasteiger partial charge is 0.311 e. The zero-order chi connectivity index (χ0) is 19.8. The third kappa shape index (κ3) is 3.50. The van der Waals surface area contributed by atoms with Gasteiger partial charge in [-0.15, -0.1) is 0 Å². The lowest BCUT2D eigenvalue weighted by Crippen LogP contribution is -2.19. The third-order valence-corrected chi connectivity index (χ3v) is 5.88. The molecule has 28 heavy (non-hydrogen) atoms. The summed E-state index contributed by atoms with van der Waals surface area (Å²) < 4.78 is 2.02. The summed E-state index contributed by atoms with van der Waals surface area (Å²) in [4.78, 5) is 29.2. The van der Waals surface area contributed by atoms with Crippen molar-refractivity contribution in [3.8, 4) is 5.88 Å². The van der Waals surface area contributed by atoms with Gasteiger partial charge >= 0.3 is 4.87 Å². The number of ketones is 1. The van der Waals surface area contributed by atoms with E-state index in [9.17, 15) is 14.7 Å². The Hall–Kier alpha value is -2.77. The lowest BCUT2D eigenvalue weighted by molar-refractivity contribution is 0.0968. The van der Waals surface area contributed by atoms with Gasteiger partial charge in [-0.1, -0.05) is 57.1 Å². The van der Waals surface area contributed by atoms with Gasteiger partial charge in [-0.05, 0) is 31.2 Å². The van der Waals surface area contributed by atoms with Crippen LogP contribution < -0.4 is 4.87 Å². The number of allylic oxidation sites excluding steroid dienone is 1. The number of rotatable bonds is 4. The average Bonchev–Trinajstić information content (AvgIpc) is 3.18. The van der Waals surface area contributed by atoms with Crippen molar-refractivity contribution in [2.45, 2.75) is 13.5 Å². The minimum atomic E-state index is -0.380. The first-order valence-electron chi connectivity index (χ1n) is 8.50.